The molecule has 6 nitrogen and oxygen atoms in total. The summed E-state index contributed by atoms with van der Waals surface area (Å²) in [6.07, 6.45) is 0.749. The Balaban J connectivity index is 2.39. The Labute approximate surface area is 152 Å². The number of imide groups is 1. The molecular weight excluding hydrogens is 373 g/mol. The van der Waals surface area contributed by atoms with Gasteiger partial charge in [-0.2, -0.15) is 13.2 Å². The molecule has 0 saturated carbocycles. The molecule has 144 valence electrons. The minimum absolute atomic E-state index is 0.00860. The van der Waals surface area contributed by atoms with Crippen molar-refractivity contribution in [1.29, 1.82) is 0 Å². The minimum atomic E-state index is -4.42. The first-order valence-electron chi connectivity index (χ1n) is 7.67. The standard InChI is InChI=1S/C16H19F3N2O4S/c1-10(2)7-8-20-15(24)21-13(22)9-25-14(23)11-3-5-12(6-4-11)26-16(17,18)19/h3-6,10H,7-9H2,1-2H3,(H2,20,21,22,24). The lowest BCUT2D eigenvalue weighted by Gasteiger charge is -2.09. The molecule has 1 rings (SSSR count). The molecule has 3 amide bonds. The van der Waals surface area contributed by atoms with Crippen molar-refractivity contribution in [2.24, 2.45) is 5.92 Å². The molecule has 0 saturated heterocycles. The van der Waals surface area contributed by atoms with Crippen LogP contribution in [-0.2, 0) is 9.53 Å². The van der Waals surface area contributed by atoms with E-state index in [0.29, 0.717) is 12.5 Å². The Morgan fingerprint density at radius 1 is 1.15 bits per heavy atom. The Hall–Kier alpha value is -2.23. The van der Waals surface area contributed by atoms with Gasteiger partial charge in [-0.05, 0) is 48.4 Å². The maximum Gasteiger partial charge on any atom is 0.446 e. The van der Waals surface area contributed by atoms with Crippen molar-refractivity contribution in [1.82, 2.24) is 10.6 Å². The van der Waals surface area contributed by atoms with E-state index < -0.39 is 30.0 Å². The summed E-state index contributed by atoms with van der Waals surface area (Å²) in [6, 6.07) is 3.87. The van der Waals surface area contributed by atoms with Crippen LogP contribution in [0.5, 0.6) is 0 Å². The van der Waals surface area contributed by atoms with Crippen LogP contribution >= 0.6 is 11.8 Å². The third-order valence-electron chi connectivity index (χ3n) is 2.92. The number of benzene rings is 1. The number of rotatable bonds is 7. The Kier molecular flexibility index (Phi) is 8.43. The molecule has 0 atom stereocenters. The lowest BCUT2D eigenvalue weighted by molar-refractivity contribution is -0.123. The number of urea groups is 1. The number of esters is 1. The van der Waals surface area contributed by atoms with Crippen molar-refractivity contribution >= 4 is 29.7 Å². The molecule has 2 N–H and O–H groups in total. The first kappa shape index (κ1) is 21.8. The van der Waals surface area contributed by atoms with Gasteiger partial charge in [0.15, 0.2) is 6.61 Å². The van der Waals surface area contributed by atoms with Crippen LogP contribution in [0.25, 0.3) is 0 Å². The van der Waals surface area contributed by atoms with Crippen LogP contribution in [-0.4, -0.2) is 36.6 Å². The molecule has 0 aliphatic rings. The second kappa shape index (κ2) is 10.0. The summed E-state index contributed by atoms with van der Waals surface area (Å²) in [7, 11) is 0. The molecule has 0 heterocycles. The molecule has 0 aromatic heterocycles. The van der Waals surface area contributed by atoms with Crippen LogP contribution in [0.1, 0.15) is 30.6 Å². The molecule has 0 aliphatic heterocycles. The Morgan fingerprint density at radius 3 is 2.31 bits per heavy atom. The zero-order valence-corrected chi connectivity index (χ0v) is 15.0. The van der Waals surface area contributed by atoms with Crippen molar-refractivity contribution in [2.75, 3.05) is 13.2 Å². The van der Waals surface area contributed by atoms with Crippen molar-refractivity contribution < 1.29 is 32.3 Å². The lowest BCUT2D eigenvalue weighted by Crippen LogP contribution is -2.41. The maximum absolute atomic E-state index is 12.2. The van der Waals surface area contributed by atoms with Crippen molar-refractivity contribution in [3.8, 4) is 0 Å². The molecule has 0 fully saturated rings. The van der Waals surface area contributed by atoms with Crippen molar-refractivity contribution in [2.45, 2.75) is 30.7 Å². The summed E-state index contributed by atoms with van der Waals surface area (Å²) < 4.78 is 41.4. The first-order chi connectivity index (χ1) is 12.1. The fraction of sp³-hybridized carbons (Fsp3) is 0.438. The molecule has 26 heavy (non-hydrogen) atoms. The van der Waals surface area contributed by atoms with Crippen LogP contribution in [0.4, 0.5) is 18.0 Å². The number of hydrogen-bond donors (Lipinski definition) is 2. The fourth-order valence-electron chi connectivity index (χ4n) is 1.69. The van der Waals surface area contributed by atoms with E-state index >= 15 is 0 Å². The van der Waals surface area contributed by atoms with E-state index in [-0.39, 0.29) is 22.2 Å². The second-order valence-electron chi connectivity index (χ2n) is 5.63. The predicted octanol–water partition coefficient (Wildman–Crippen LogP) is 3.33. The predicted molar refractivity (Wildman–Crippen MR) is 89.6 cm³/mol. The first-order valence-corrected chi connectivity index (χ1v) is 8.49. The van der Waals surface area contributed by atoms with E-state index in [1.54, 1.807) is 0 Å². The summed E-state index contributed by atoms with van der Waals surface area (Å²) in [5, 5.41) is 4.48. The van der Waals surface area contributed by atoms with Gasteiger partial charge in [0.2, 0.25) is 0 Å². The average molecular weight is 392 g/mol. The smallest absolute Gasteiger partial charge is 0.446 e. The number of carbonyl (C=O) groups is 3. The number of halogens is 3. The summed E-state index contributed by atoms with van der Waals surface area (Å²) in [5.74, 6) is -1.30. The van der Waals surface area contributed by atoms with Gasteiger partial charge < -0.3 is 10.1 Å². The number of hydrogen-bond acceptors (Lipinski definition) is 5. The number of nitrogens with one attached hydrogen (secondary N) is 2. The number of carbonyl (C=O) groups excluding carboxylic acids is 3. The summed E-state index contributed by atoms with van der Waals surface area (Å²) >= 11 is -0.306. The lowest BCUT2D eigenvalue weighted by atomic mass is 10.1. The van der Waals surface area contributed by atoms with E-state index in [0.717, 1.165) is 30.7 Å². The van der Waals surface area contributed by atoms with Crippen LogP contribution in [0.3, 0.4) is 0 Å². The molecule has 1 aromatic carbocycles. The Morgan fingerprint density at radius 2 is 1.77 bits per heavy atom. The van der Waals surface area contributed by atoms with Crippen LogP contribution < -0.4 is 10.6 Å². The van der Waals surface area contributed by atoms with E-state index in [2.05, 4.69) is 5.32 Å². The third-order valence-corrected chi connectivity index (χ3v) is 3.66. The summed E-state index contributed by atoms with van der Waals surface area (Å²) in [6.45, 7) is 3.69. The van der Waals surface area contributed by atoms with Crippen LogP contribution in [0.15, 0.2) is 29.2 Å². The normalized spacial score (nSPS) is 11.2. The highest BCUT2D eigenvalue weighted by Gasteiger charge is 2.29. The molecule has 1 aromatic rings. The SMILES string of the molecule is CC(C)CCNC(=O)NC(=O)COC(=O)c1ccc(SC(F)(F)F)cc1. The van der Waals surface area contributed by atoms with Gasteiger partial charge in [0, 0.05) is 11.4 Å². The summed E-state index contributed by atoms with van der Waals surface area (Å²) in [5.41, 5.74) is -4.43. The topological polar surface area (TPSA) is 84.5 Å². The molecule has 10 heteroatoms. The number of alkyl halides is 3. The van der Waals surface area contributed by atoms with Gasteiger partial charge >= 0.3 is 17.5 Å². The maximum atomic E-state index is 12.2. The second-order valence-corrected chi connectivity index (χ2v) is 6.77. The summed E-state index contributed by atoms with van der Waals surface area (Å²) in [4.78, 5) is 34.6. The minimum Gasteiger partial charge on any atom is -0.452 e. The van der Waals surface area contributed by atoms with Gasteiger partial charge in [0.25, 0.3) is 5.91 Å². The largest absolute Gasteiger partial charge is 0.452 e. The van der Waals surface area contributed by atoms with E-state index in [9.17, 15) is 27.6 Å². The van der Waals surface area contributed by atoms with Gasteiger partial charge in [0.05, 0.1) is 5.56 Å². The van der Waals surface area contributed by atoms with E-state index in [1.165, 1.54) is 0 Å². The van der Waals surface area contributed by atoms with Crippen LogP contribution in [0.2, 0.25) is 0 Å². The molecule has 0 spiro atoms. The Bertz CT molecular complexity index is 633. The molecule has 0 aliphatic carbocycles. The monoisotopic (exact) mass is 392 g/mol. The fourth-order valence-corrected chi connectivity index (χ4v) is 2.23. The highest BCUT2D eigenvalue weighted by atomic mass is 32.2. The van der Waals surface area contributed by atoms with Gasteiger partial charge in [-0.15, -0.1) is 0 Å². The number of ether oxygens (including phenoxy) is 1. The van der Waals surface area contributed by atoms with E-state index in [1.807, 2.05) is 19.2 Å². The highest BCUT2D eigenvalue weighted by molar-refractivity contribution is 8.00. The van der Waals surface area contributed by atoms with Gasteiger partial charge in [-0.1, -0.05) is 13.8 Å². The van der Waals surface area contributed by atoms with Gasteiger partial charge in [-0.25, -0.2) is 9.59 Å². The van der Waals surface area contributed by atoms with Gasteiger partial charge in [-0.3, -0.25) is 10.1 Å². The average Bonchev–Trinajstić information content (AvgIpc) is 2.51. The molecule has 0 unspecified atom stereocenters. The highest BCUT2D eigenvalue weighted by Crippen LogP contribution is 2.36. The van der Waals surface area contributed by atoms with Gasteiger partial charge in [0.1, 0.15) is 0 Å². The zero-order chi connectivity index (χ0) is 19.7. The van der Waals surface area contributed by atoms with Crippen LogP contribution in [0, 0.1) is 5.92 Å². The zero-order valence-electron chi connectivity index (χ0n) is 14.2. The number of amides is 3. The molecule has 0 radical (unpaired) electrons. The van der Waals surface area contributed by atoms with Crippen molar-refractivity contribution in [3.63, 3.8) is 0 Å². The van der Waals surface area contributed by atoms with Crippen molar-refractivity contribution in [3.05, 3.63) is 29.8 Å². The molecule has 0 bridgehead atoms. The molecular formula is C16H19F3N2O4S. The third kappa shape index (κ3) is 9.30. The number of thioether (sulfide) groups is 1. The quantitative estimate of drug-likeness (QED) is 0.549. The van der Waals surface area contributed by atoms with E-state index in [4.69, 9.17) is 4.74 Å².